The summed E-state index contributed by atoms with van der Waals surface area (Å²) >= 11 is 3.32. The zero-order valence-electron chi connectivity index (χ0n) is 8.11. The van der Waals surface area contributed by atoms with Crippen LogP contribution in [0.2, 0.25) is 0 Å². The first-order chi connectivity index (χ1) is 7.22. The number of hydrogen-bond donors (Lipinski definition) is 0. The second-order valence-electron chi connectivity index (χ2n) is 2.95. The van der Waals surface area contributed by atoms with E-state index in [0.29, 0.717) is 12.2 Å². The van der Waals surface area contributed by atoms with E-state index in [0.717, 1.165) is 9.99 Å². The molecule has 78 valence electrons. The lowest BCUT2D eigenvalue weighted by atomic mass is 10.2. The number of pyridine rings is 1. The van der Waals surface area contributed by atoms with E-state index in [4.69, 9.17) is 4.74 Å². The van der Waals surface area contributed by atoms with Crippen LogP contribution < -0.4 is 0 Å². The third kappa shape index (κ3) is 1.87. The zero-order chi connectivity index (χ0) is 10.8. The van der Waals surface area contributed by atoms with Gasteiger partial charge in [0, 0.05) is 10.7 Å². The number of carbonyl (C=O) groups excluding carboxylic acids is 1. The number of aromatic nitrogens is 2. The summed E-state index contributed by atoms with van der Waals surface area (Å²) in [5.74, 6) is -0.329. The van der Waals surface area contributed by atoms with Crippen LogP contribution in [-0.4, -0.2) is 22.2 Å². The highest BCUT2D eigenvalue weighted by Crippen LogP contribution is 2.18. The fourth-order valence-electron chi connectivity index (χ4n) is 1.37. The summed E-state index contributed by atoms with van der Waals surface area (Å²) in [7, 11) is 0. The van der Waals surface area contributed by atoms with E-state index >= 15 is 0 Å². The first-order valence-corrected chi connectivity index (χ1v) is 5.31. The van der Waals surface area contributed by atoms with E-state index in [-0.39, 0.29) is 5.97 Å². The number of ether oxygens (including phenoxy) is 1. The third-order valence-corrected chi connectivity index (χ3v) is 2.40. The summed E-state index contributed by atoms with van der Waals surface area (Å²) in [6.07, 6.45) is 3.43. The zero-order valence-corrected chi connectivity index (χ0v) is 9.69. The minimum Gasteiger partial charge on any atom is -0.462 e. The van der Waals surface area contributed by atoms with Crippen LogP contribution in [0.25, 0.3) is 5.52 Å². The van der Waals surface area contributed by atoms with Crippen LogP contribution in [0, 0.1) is 0 Å². The monoisotopic (exact) mass is 268 g/mol. The molecule has 15 heavy (non-hydrogen) atoms. The van der Waals surface area contributed by atoms with Crippen molar-refractivity contribution < 1.29 is 9.53 Å². The Morgan fingerprint density at radius 3 is 3.20 bits per heavy atom. The molecular formula is C10H9BrN2O2. The highest BCUT2D eigenvalue weighted by Gasteiger charge is 2.12. The van der Waals surface area contributed by atoms with Gasteiger partial charge in [0.25, 0.3) is 0 Å². The van der Waals surface area contributed by atoms with Gasteiger partial charge in [0.2, 0.25) is 0 Å². The van der Waals surface area contributed by atoms with Crippen molar-refractivity contribution in [1.82, 2.24) is 9.61 Å². The van der Waals surface area contributed by atoms with Gasteiger partial charge in [-0.15, -0.1) is 0 Å². The maximum Gasteiger partial charge on any atom is 0.340 e. The van der Waals surface area contributed by atoms with E-state index in [1.807, 2.05) is 0 Å². The highest BCUT2D eigenvalue weighted by molar-refractivity contribution is 9.10. The quantitative estimate of drug-likeness (QED) is 0.785. The van der Waals surface area contributed by atoms with Crippen LogP contribution in [0.1, 0.15) is 17.3 Å². The molecular weight excluding hydrogens is 260 g/mol. The number of halogens is 1. The molecule has 2 aromatic heterocycles. The normalized spacial score (nSPS) is 10.5. The van der Waals surface area contributed by atoms with Crippen molar-refractivity contribution in [3.8, 4) is 0 Å². The number of esters is 1. The van der Waals surface area contributed by atoms with Gasteiger partial charge in [-0.1, -0.05) is 0 Å². The Balaban J connectivity index is 2.57. The number of carbonyl (C=O) groups is 1. The molecule has 0 radical (unpaired) electrons. The Morgan fingerprint density at radius 2 is 2.47 bits per heavy atom. The molecule has 2 rings (SSSR count). The van der Waals surface area contributed by atoms with E-state index < -0.39 is 0 Å². The topological polar surface area (TPSA) is 43.6 Å². The molecule has 0 spiro atoms. The second kappa shape index (κ2) is 4.02. The van der Waals surface area contributed by atoms with Crippen molar-refractivity contribution in [1.29, 1.82) is 0 Å². The molecule has 0 saturated heterocycles. The molecule has 0 N–H and O–H groups in total. The van der Waals surface area contributed by atoms with Crippen molar-refractivity contribution in [2.45, 2.75) is 6.92 Å². The molecule has 0 unspecified atom stereocenters. The molecule has 0 amide bonds. The third-order valence-electron chi connectivity index (χ3n) is 1.97. The van der Waals surface area contributed by atoms with E-state index in [1.54, 1.807) is 36.0 Å². The molecule has 0 aliphatic rings. The molecule has 4 nitrogen and oxygen atoms in total. The van der Waals surface area contributed by atoms with Crippen molar-refractivity contribution >= 4 is 27.4 Å². The van der Waals surface area contributed by atoms with Gasteiger partial charge < -0.3 is 4.74 Å². The van der Waals surface area contributed by atoms with E-state index in [2.05, 4.69) is 21.0 Å². The minimum absolute atomic E-state index is 0.329. The predicted molar refractivity (Wildman–Crippen MR) is 58.8 cm³/mol. The van der Waals surface area contributed by atoms with Crippen molar-refractivity contribution in [2.24, 2.45) is 0 Å². The average molecular weight is 269 g/mol. The van der Waals surface area contributed by atoms with Crippen molar-refractivity contribution in [3.63, 3.8) is 0 Å². The summed E-state index contributed by atoms with van der Waals surface area (Å²) in [5, 5.41) is 4.06. The molecule has 2 heterocycles. The lowest BCUT2D eigenvalue weighted by Gasteiger charge is -2.04. The smallest absolute Gasteiger partial charge is 0.340 e. The summed E-state index contributed by atoms with van der Waals surface area (Å²) in [4.78, 5) is 11.6. The summed E-state index contributed by atoms with van der Waals surface area (Å²) in [5.41, 5.74) is 1.26. The van der Waals surface area contributed by atoms with Gasteiger partial charge in [-0.2, -0.15) is 5.10 Å². The van der Waals surface area contributed by atoms with Crippen LogP contribution in [-0.2, 0) is 4.74 Å². The van der Waals surface area contributed by atoms with Gasteiger partial charge in [-0.05, 0) is 35.0 Å². The molecule has 0 bridgehead atoms. The second-order valence-corrected chi connectivity index (χ2v) is 3.87. The van der Waals surface area contributed by atoms with Gasteiger partial charge in [0.05, 0.1) is 23.9 Å². The number of hydrogen-bond acceptors (Lipinski definition) is 3. The summed E-state index contributed by atoms with van der Waals surface area (Å²) in [6, 6.07) is 3.51. The fraction of sp³-hybridized carbons (Fsp3) is 0.200. The van der Waals surface area contributed by atoms with Crippen molar-refractivity contribution in [3.05, 3.63) is 34.6 Å². The largest absolute Gasteiger partial charge is 0.462 e. The standard InChI is InChI=1S/C10H9BrN2O2/c1-2-15-10(14)8-5-7(11)6-13-9(8)3-4-12-13/h3-6H,2H2,1H3. The molecule has 2 aromatic rings. The van der Waals surface area contributed by atoms with Crippen LogP contribution in [0.5, 0.6) is 0 Å². The van der Waals surface area contributed by atoms with Crippen LogP contribution in [0.15, 0.2) is 29.0 Å². The van der Waals surface area contributed by atoms with Gasteiger partial charge in [-0.25, -0.2) is 9.31 Å². The van der Waals surface area contributed by atoms with Gasteiger partial charge in [0.15, 0.2) is 0 Å². The molecule has 0 fully saturated rings. The predicted octanol–water partition coefficient (Wildman–Crippen LogP) is 2.27. The number of rotatable bonds is 2. The molecule has 0 saturated carbocycles. The average Bonchev–Trinajstić information content (AvgIpc) is 2.64. The molecule has 5 heteroatoms. The summed E-state index contributed by atoms with van der Waals surface area (Å²) < 4.78 is 7.39. The molecule has 0 aliphatic carbocycles. The Hall–Kier alpha value is -1.36. The van der Waals surface area contributed by atoms with Crippen LogP contribution in [0.4, 0.5) is 0 Å². The lowest BCUT2D eigenvalue weighted by Crippen LogP contribution is -2.06. The molecule has 0 aliphatic heterocycles. The van der Waals surface area contributed by atoms with E-state index in [1.165, 1.54) is 0 Å². The SMILES string of the molecule is CCOC(=O)c1cc(Br)cn2nccc12. The van der Waals surface area contributed by atoms with Gasteiger partial charge in [-0.3, -0.25) is 0 Å². The van der Waals surface area contributed by atoms with E-state index in [9.17, 15) is 4.79 Å². The van der Waals surface area contributed by atoms with Crippen molar-refractivity contribution in [2.75, 3.05) is 6.61 Å². The Kier molecular flexibility index (Phi) is 2.73. The number of nitrogens with zero attached hydrogens (tertiary/aromatic N) is 2. The molecule has 0 atom stereocenters. The Labute approximate surface area is 95.0 Å². The first-order valence-electron chi connectivity index (χ1n) is 4.52. The molecule has 0 aromatic carbocycles. The Morgan fingerprint density at radius 1 is 1.67 bits per heavy atom. The van der Waals surface area contributed by atoms with Gasteiger partial charge in [0.1, 0.15) is 0 Å². The fourth-order valence-corrected chi connectivity index (χ4v) is 1.79. The summed E-state index contributed by atoms with van der Waals surface area (Å²) in [6.45, 7) is 2.15. The highest BCUT2D eigenvalue weighted by atomic mass is 79.9. The maximum absolute atomic E-state index is 11.6. The van der Waals surface area contributed by atoms with Gasteiger partial charge >= 0.3 is 5.97 Å². The van der Waals surface area contributed by atoms with Crippen LogP contribution in [0.3, 0.4) is 0 Å². The lowest BCUT2D eigenvalue weighted by molar-refractivity contribution is 0.0528. The number of fused-ring (bicyclic) bond motifs is 1. The Bertz CT molecular complexity index is 507. The van der Waals surface area contributed by atoms with Crippen LogP contribution >= 0.6 is 15.9 Å². The maximum atomic E-state index is 11.6. The minimum atomic E-state index is -0.329. The first kappa shape index (κ1) is 10.2.